The first-order valence-electron chi connectivity index (χ1n) is 8.39. The zero-order valence-electron chi connectivity index (χ0n) is 14.7. The molecular weight excluding hydrogens is 367 g/mol. The molecule has 6 nitrogen and oxygen atoms in total. The maximum absolute atomic E-state index is 12.9. The number of halogens is 1. The number of aromatic nitrogens is 2. The summed E-state index contributed by atoms with van der Waals surface area (Å²) in [6.07, 6.45) is 0. The van der Waals surface area contributed by atoms with Gasteiger partial charge in [-0.25, -0.2) is 9.37 Å². The molecule has 0 fully saturated rings. The van der Waals surface area contributed by atoms with E-state index in [9.17, 15) is 14.0 Å². The molecule has 0 aliphatic rings. The van der Waals surface area contributed by atoms with Crippen molar-refractivity contribution in [1.29, 1.82) is 0 Å². The lowest BCUT2D eigenvalue weighted by molar-refractivity contribution is -0.120. The maximum Gasteiger partial charge on any atom is 0.234 e. The van der Waals surface area contributed by atoms with Crippen LogP contribution in [0.2, 0.25) is 0 Å². The average molecular weight is 386 g/mol. The Balaban J connectivity index is 1.43. The SMILES string of the molecule is CC(SCC(=O)Nc1ccc(F)cc1)C(=O)NCc1nc2ccccc2[nH]1. The fraction of sp³-hybridized carbons (Fsp3) is 0.211. The second-order valence-electron chi connectivity index (χ2n) is 5.93. The predicted octanol–water partition coefficient (Wildman–Crippen LogP) is 3.08. The highest BCUT2D eigenvalue weighted by Crippen LogP contribution is 2.14. The number of fused-ring (bicyclic) bond motifs is 1. The molecule has 8 heteroatoms. The third kappa shape index (κ3) is 5.30. The van der Waals surface area contributed by atoms with Crippen LogP contribution in [0.5, 0.6) is 0 Å². The summed E-state index contributed by atoms with van der Waals surface area (Å²) < 4.78 is 12.9. The fourth-order valence-electron chi connectivity index (χ4n) is 2.41. The second kappa shape index (κ2) is 8.68. The highest BCUT2D eigenvalue weighted by molar-refractivity contribution is 8.01. The topological polar surface area (TPSA) is 86.9 Å². The number of anilines is 1. The number of thioether (sulfide) groups is 1. The van der Waals surface area contributed by atoms with Crippen LogP contribution in [0.15, 0.2) is 48.5 Å². The van der Waals surface area contributed by atoms with Gasteiger partial charge in [-0.2, -0.15) is 0 Å². The molecule has 0 saturated heterocycles. The third-order valence-corrected chi connectivity index (χ3v) is 4.97. The summed E-state index contributed by atoms with van der Waals surface area (Å²) in [5, 5.41) is 5.08. The Morgan fingerprint density at radius 2 is 1.93 bits per heavy atom. The number of benzene rings is 2. The molecule has 0 saturated carbocycles. The molecule has 1 atom stereocenters. The monoisotopic (exact) mass is 386 g/mol. The van der Waals surface area contributed by atoms with Gasteiger partial charge in [-0.15, -0.1) is 11.8 Å². The lowest BCUT2D eigenvalue weighted by Crippen LogP contribution is -2.31. The number of H-pyrrole nitrogens is 1. The lowest BCUT2D eigenvalue weighted by atomic mass is 10.3. The molecule has 0 aliphatic heterocycles. The molecular formula is C19H19FN4O2S. The van der Waals surface area contributed by atoms with Gasteiger partial charge in [-0.3, -0.25) is 9.59 Å². The van der Waals surface area contributed by atoms with Crippen molar-refractivity contribution < 1.29 is 14.0 Å². The Kier molecular flexibility index (Phi) is 6.08. The molecule has 27 heavy (non-hydrogen) atoms. The van der Waals surface area contributed by atoms with Gasteiger partial charge >= 0.3 is 0 Å². The van der Waals surface area contributed by atoms with Crippen LogP contribution in [0.25, 0.3) is 11.0 Å². The van der Waals surface area contributed by atoms with Gasteiger partial charge in [0.15, 0.2) is 0 Å². The van der Waals surface area contributed by atoms with Crippen LogP contribution in [0.3, 0.4) is 0 Å². The summed E-state index contributed by atoms with van der Waals surface area (Å²) in [5.74, 6) is 0.0165. The quantitative estimate of drug-likeness (QED) is 0.582. The standard InChI is InChI=1S/C19H19FN4O2S/c1-12(27-11-18(25)22-14-8-6-13(20)7-9-14)19(26)21-10-17-23-15-4-2-3-5-16(15)24-17/h2-9,12H,10-11H2,1H3,(H,21,26)(H,22,25)(H,23,24). The Labute approximate surface area is 160 Å². The number of nitrogens with one attached hydrogen (secondary N) is 3. The number of carbonyl (C=O) groups excluding carboxylic acids is 2. The van der Waals surface area contributed by atoms with Crippen molar-refractivity contribution in [1.82, 2.24) is 15.3 Å². The van der Waals surface area contributed by atoms with Gasteiger partial charge in [0.2, 0.25) is 11.8 Å². The van der Waals surface area contributed by atoms with Crippen molar-refractivity contribution in [2.75, 3.05) is 11.1 Å². The third-order valence-electron chi connectivity index (χ3n) is 3.83. The number of carbonyl (C=O) groups is 2. The summed E-state index contributed by atoms with van der Waals surface area (Å²) in [6, 6.07) is 13.2. The van der Waals surface area contributed by atoms with E-state index in [2.05, 4.69) is 20.6 Å². The van der Waals surface area contributed by atoms with Gasteiger partial charge in [0.05, 0.1) is 28.6 Å². The Morgan fingerprint density at radius 3 is 2.67 bits per heavy atom. The number of amides is 2. The Morgan fingerprint density at radius 1 is 1.19 bits per heavy atom. The zero-order chi connectivity index (χ0) is 19.2. The van der Waals surface area contributed by atoms with Gasteiger partial charge < -0.3 is 15.6 Å². The van der Waals surface area contributed by atoms with Crippen molar-refractivity contribution in [3.05, 3.63) is 60.2 Å². The van der Waals surface area contributed by atoms with Crippen LogP contribution in [-0.2, 0) is 16.1 Å². The molecule has 1 unspecified atom stereocenters. The predicted molar refractivity (Wildman–Crippen MR) is 105 cm³/mol. The maximum atomic E-state index is 12.9. The molecule has 3 aromatic rings. The minimum atomic E-state index is -0.395. The van der Waals surface area contributed by atoms with Gasteiger partial charge in [-0.05, 0) is 43.3 Å². The van der Waals surface area contributed by atoms with E-state index in [1.807, 2.05) is 24.3 Å². The molecule has 3 N–H and O–H groups in total. The minimum Gasteiger partial charge on any atom is -0.348 e. The summed E-state index contributed by atoms with van der Waals surface area (Å²) in [5.41, 5.74) is 2.28. The number of para-hydroxylation sites is 2. The Bertz CT molecular complexity index is 909. The van der Waals surface area contributed by atoms with Crippen molar-refractivity contribution in [3.63, 3.8) is 0 Å². The van der Waals surface area contributed by atoms with Crippen molar-refractivity contribution >= 4 is 40.3 Å². The summed E-state index contributed by atoms with van der Waals surface area (Å²) in [7, 11) is 0. The van der Waals surface area contributed by atoms with Crippen LogP contribution >= 0.6 is 11.8 Å². The molecule has 140 valence electrons. The van der Waals surface area contributed by atoms with E-state index in [0.29, 0.717) is 18.1 Å². The fourth-order valence-corrected chi connectivity index (χ4v) is 3.12. The number of nitrogens with zero attached hydrogens (tertiary/aromatic N) is 1. The smallest absolute Gasteiger partial charge is 0.234 e. The summed E-state index contributed by atoms with van der Waals surface area (Å²) >= 11 is 1.23. The van der Waals surface area contributed by atoms with E-state index >= 15 is 0 Å². The molecule has 0 radical (unpaired) electrons. The van der Waals surface area contributed by atoms with Crippen molar-refractivity contribution in [2.45, 2.75) is 18.7 Å². The highest BCUT2D eigenvalue weighted by Gasteiger charge is 2.15. The van der Waals surface area contributed by atoms with E-state index < -0.39 is 5.25 Å². The minimum absolute atomic E-state index is 0.122. The zero-order valence-corrected chi connectivity index (χ0v) is 15.5. The van der Waals surface area contributed by atoms with Crippen LogP contribution in [0.4, 0.5) is 10.1 Å². The van der Waals surface area contributed by atoms with Crippen LogP contribution < -0.4 is 10.6 Å². The first-order chi connectivity index (χ1) is 13.0. The molecule has 2 amide bonds. The molecule has 1 aromatic heterocycles. The normalized spacial score (nSPS) is 11.9. The van der Waals surface area contributed by atoms with Gasteiger partial charge in [0.1, 0.15) is 11.6 Å². The van der Waals surface area contributed by atoms with Crippen LogP contribution in [0.1, 0.15) is 12.7 Å². The number of hydrogen-bond donors (Lipinski definition) is 3. The van der Waals surface area contributed by atoms with Crippen molar-refractivity contribution in [3.8, 4) is 0 Å². The Hall–Kier alpha value is -2.87. The lowest BCUT2D eigenvalue weighted by Gasteiger charge is -2.11. The second-order valence-corrected chi connectivity index (χ2v) is 7.26. The summed E-state index contributed by atoms with van der Waals surface area (Å²) in [6.45, 7) is 2.03. The highest BCUT2D eigenvalue weighted by atomic mass is 32.2. The van der Waals surface area contributed by atoms with Crippen LogP contribution in [-0.4, -0.2) is 32.8 Å². The number of aromatic amines is 1. The number of imidazole rings is 1. The van der Waals surface area contributed by atoms with Crippen molar-refractivity contribution in [2.24, 2.45) is 0 Å². The molecule has 0 bridgehead atoms. The molecule has 2 aromatic carbocycles. The molecule has 0 spiro atoms. The van der Waals surface area contributed by atoms with E-state index in [1.165, 1.54) is 36.0 Å². The van der Waals surface area contributed by atoms with E-state index in [-0.39, 0.29) is 23.4 Å². The van der Waals surface area contributed by atoms with E-state index in [0.717, 1.165) is 11.0 Å². The molecule has 1 heterocycles. The van der Waals surface area contributed by atoms with E-state index in [4.69, 9.17) is 0 Å². The van der Waals surface area contributed by atoms with E-state index in [1.54, 1.807) is 6.92 Å². The first kappa shape index (κ1) is 18.9. The average Bonchev–Trinajstić information content (AvgIpc) is 3.09. The largest absolute Gasteiger partial charge is 0.348 e. The van der Waals surface area contributed by atoms with Crippen LogP contribution in [0, 0.1) is 5.82 Å². The first-order valence-corrected chi connectivity index (χ1v) is 9.44. The molecule has 0 aliphatic carbocycles. The molecule has 3 rings (SSSR count). The van der Waals surface area contributed by atoms with Gasteiger partial charge in [-0.1, -0.05) is 12.1 Å². The summed E-state index contributed by atoms with van der Waals surface area (Å²) in [4.78, 5) is 31.7. The number of hydrogen-bond acceptors (Lipinski definition) is 4. The van der Waals surface area contributed by atoms with Gasteiger partial charge in [0.25, 0.3) is 0 Å². The number of rotatable bonds is 7. The van der Waals surface area contributed by atoms with Gasteiger partial charge in [0, 0.05) is 5.69 Å².